The minimum Gasteiger partial charge on any atom is -0.497 e. The van der Waals surface area contributed by atoms with Crippen molar-refractivity contribution in [2.45, 2.75) is 32.2 Å². The second kappa shape index (κ2) is 8.72. The summed E-state index contributed by atoms with van der Waals surface area (Å²) < 4.78 is 13.7. The minimum absolute atomic E-state index is 0.271. The van der Waals surface area contributed by atoms with Crippen molar-refractivity contribution >= 4 is 33.2 Å². The number of benzene rings is 2. The molecule has 170 valence electrons. The lowest BCUT2D eigenvalue weighted by Crippen LogP contribution is -2.39. The van der Waals surface area contributed by atoms with Gasteiger partial charge in [0.05, 0.1) is 31.8 Å². The van der Waals surface area contributed by atoms with Gasteiger partial charge in [-0.25, -0.2) is 9.36 Å². The van der Waals surface area contributed by atoms with E-state index in [1.807, 2.05) is 18.2 Å². The molecule has 6 nitrogen and oxygen atoms in total. The second-order valence-electron chi connectivity index (χ2n) is 8.03. The Morgan fingerprint density at radius 3 is 2.58 bits per heavy atom. The first-order valence-corrected chi connectivity index (χ1v) is 12.0. The topological polar surface area (TPSA) is 62.5 Å². The highest BCUT2D eigenvalue weighted by atomic mass is 35.5. The van der Waals surface area contributed by atoms with Gasteiger partial charge in [-0.1, -0.05) is 29.8 Å². The number of halogens is 1. The highest BCUT2D eigenvalue weighted by Gasteiger charge is 2.25. The summed E-state index contributed by atoms with van der Waals surface area (Å²) in [5.74, 6) is 0.968. The Morgan fingerprint density at radius 2 is 1.82 bits per heavy atom. The zero-order valence-electron chi connectivity index (χ0n) is 18.4. The number of hydrogen-bond acceptors (Lipinski definition) is 5. The summed E-state index contributed by atoms with van der Waals surface area (Å²) >= 11 is 7.99. The molecule has 0 fully saturated rings. The van der Waals surface area contributed by atoms with E-state index in [0.29, 0.717) is 32.4 Å². The summed E-state index contributed by atoms with van der Waals surface area (Å²) in [5.41, 5.74) is 1.54. The predicted octanol–water partition coefficient (Wildman–Crippen LogP) is 4.81. The van der Waals surface area contributed by atoms with Gasteiger partial charge in [0.1, 0.15) is 16.3 Å². The van der Waals surface area contributed by atoms with E-state index in [2.05, 4.69) is 0 Å². The molecule has 2 aromatic carbocycles. The van der Waals surface area contributed by atoms with Crippen LogP contribution < -0.4 is 20.7 Å². The monoisotopic (exact) mass is 482 g/mol. The number of nitrogens with zero attached hydrogens (tertiary/aromatic N) is 2. The van der Waals surface area contributed by atoms with E-state index in [0.717, 1.165) is 36.8 Å². The van der Waals surface area contributed by atoms with E-state index < -0.39 is 5.69 Å². The van der Waals surface area contributed by atoms with Gasteiger partial charge < -0.3 is 9.47 Å². The molecule has 0 saturated carbocycles. The fourth-order valence-corrected chi connectivity index (χ4v) is 6.05. The van der Waals surface area contributed by atoms with Crippen molar-refractivity contribution < 1.29 is 9.47 Å². The van der Waals surface area contributed by atoms with E-state index in [9.17, 15) is 9.59 Å². The van der Waals surface area contributed by atoms with Crippen LogP contribution in [0.3, 0.4) is 0 Å². The highest BCUT2D eigenvalue weighted by Crippen LogP contribution is 2.35. The minimum atomic E-state index is -0.422. The number of methoxy groups -OCH3 is 2. The Kier molecular flexibility index (Phi) is 5.76. The molecule has 0 spiro atoms. The number of ether oxygens (including phenoxy) is 2. The van der Waals surface area contributed by atoms with Crippen molar-refractivity contribution in [2.24, 2.45) is 0 Å². The van der Waals surface area contributed by atoms with Crippen molar-refractivity contribution in [3.05, 3.63) is 84.3 Å². The van der Waals surface area contributed by atoms with Gasteiger partial charge in [-0.3, -0.25) is 9.36 Å². The second-order valence-corrected chi connectivity index (χ2v) is 9.52. The number of thiophene rings is 1. The summed E-state index contributed by atoms with van der Waals surface area (Å²) in [6.45, 7) is 0.271. The van der Waals surface area contributed by atoms with Gasteiger partial charge in [0.15, 0.2) is 0 Å². The normalized spacial score (nSPS) is 13.2. The molecule has 0 amide bonds. The average Bonchev–Trinajstić information content (AvgIpc) is 3.22. The van der Waals surface area contributed by atoms with Crippen LogP contribution in [0.15, 0.2) is 52.1 Å². The molecular formula is C25H23ClN2O4S. The van der Waals surface area contributed by atoms with Crippen LogP contribution in [0.5, 0.6) is 11.5 Å². The summed E-state index contributed by atoms with van der Waals surface area (Å²) in [6.07, 6.45) is 3.90. The quantitative estimate of drug-likeness (QED) is 0.409. The molecule has 5 rings (SSSR count). The fraction of sp³-hybridized carbons (Fsp3) is 0.280. The first-order chi connectivity index (χ1) is 16.0. The first kappa shape index (κ1) is 21.8. The molecule has 8 heteroatoms. The molecule has 0 saturated heterocycles. The lowest BCUT2D eigenvalue weighted by atomic mass is 9.97. The largest absolute Gasteiger partial charge is 0.497 e. The molecule has 0 aliphatic heterocycles. The molecule has 0 bridgehead atoms. The van der Waals surface area contributed by atoms with Gasteiger partial charge in [0.2, 0.25) is 0 Å². The Balaban J connectivity index is 1.85. The standard InChI is InChI=1S/C25H23ClN2O4S/c1-31-16-11-12-19(20(13-16)32-2)28-23(29)22-17-8-4-6-10-21(17)33-24(22)27(25(28)30)14-15-7-3-5-9-18(15)26/h3,5,7,9,11-13H,4,6,8,10,14H2,1-2H3. The smallest absolute Gasteiger partial charge is 0.337 e. The van der Waals surface area contributed by atoms with Gasteiger partial charge in [0, 0.05) is 16.0 Å². The lowest BCUT2D eigenvalue weighted by Gasteiger charge is -2.16. The molecule has 0 N–H and O–H groups in total. The molecule has 0 atom stereocenters. The third-order valence-electron chi connectivity index (χ3n) is 6.15. The molecule has 0 unspecified atom stereocenters. The summed E-state index contributed by atoms with van der Waals surface area (Å²) in [4.78, 5) is 29.6. The Bertz CT molecular complexity index is 1480. The number of fused-ring (bicyclic) bond motifs is 3. The maximum absolute atomic E-state index is 13.9. The third-order valence-corrected chi connectivity index (χ3v) is 7.83. The van der Waals surface area contributed by atoms with Crippen molar-refractivity contribution in [1.29, 1.82) is 0 Å². The van der Waals surface area contributed by atoms with Crippen molar-refractivity contribution in [1.82, 2.24) is 9.13 Å². The van der Waals surface area contributed by atoms with Gasteiger partial charge in [-0.05, 0) is 55.0 Å². The van der Waals surface area contributed by atoms with Crippen LogP contribution in [-0.2, 0) is 19.4 Å². The number of aryl methyl sites for hydroxylation is 2. The van der Waals surface area contributed by atoms with Crippen LogP contribution >= 0.6 is 22.9 Å². The van der Waals surface area contributed by atoms with Crippen LogP contribution in [-0.4, -0.2) is 23.4 Å². The molecular weight excluding hydrogens is 460 g/mol. The van der Waals surface area contributed by atoms with E-state index >= 15 is 0 Å². The molecule has 0 radical (unpaired) electrons. The number of rotatable bonds is 5. The Labute approximate surface area is 199 Å². The van der Waals surface area contributed by atoms with Gasteiger partial charge in [-0.15, -0.1) is 11.3 Å². The van der Waals surface area contributed by atoms with E-state index in [1.54, 1.807) is 47.3 Å². The van der Waals surface area contributed by atoms with E-state index in [4.69, 9.17) is 21.1 Å². The summed E-state index contributed by atoms with van der Waals surface area (Å²) in [7, 11) is 3.07. The highest BCUT2D eigenvalue weighted by molar-refractivity contribution is 7.18. The van der Waals surface area contributed by atoms with Gasteiger partial charge >= 0.3 is 5.69 Å². The maximum Gasteiger partial charge on any atom is 0.337 e. The number of aromatic nitrogens is 2. The fourth-order valence-electron chi connectivity index (χ4n) is 4.49. The summed E-state index contributed by atoms with van der Waals surface area (Å²) in [6, 6.07) is 12.5. The van der Waals surface area contributed by atoms with Crippen LogP contribution in [0.25, 0.3) is 15.9 Å². The maximum atomic E-state index is 13.9. The zero-order valence-corrected chi connectivity index (χ0v) is 20.0. The lowest BCUT2D eigenvalue weighted by molar-refractivity contribution is 0.392. The molecule has 2 aromatic heterocycles. The van der Waals surface area contributed by atoms with Crippen LogP contribution in [0.1, 0.15) is 28.8 Å². The van der Waals surface area contributed by atoms with Crippen LogP contribution in [0, 0.1) is 0 Å². The van der Waals surface area contributed by atoms with Crippen molar-refractivity contribution in [3.8, 4) is 17.2 Å². The molecule has 4 aromatic rings. The van der Waals surface area contributed by atoms with Crippen molar-refractivity contribution in [3.63, 3.8) is 0 Å². The zero-order chi connectivity index (χ0) is 23.1. The molecule has 2 heterocycles. The third kappa shape index (κ3) is 3.65. The van der Waals surface area contributed by atoms with Gasteiger partial charge in [0.25, 0.3) is 5.56 Å². The van der Waals surface area contributed by atoms with Crippen molar-refractivity contribution in [2.75, 3.05) is 14.2 Å². The SMILES string of the molecule is COc1ccc(-n2c(=O)c3c4c(sc3n(Cc3ccccc3Cl)c2=O)CCCC4)c(OC)c1. The van der Waals surface area contributed by atoms with Crippen LogP contribution in [0.4, 0.5) is 0 Å². The molecule has 1 aliphatic rings. The predicted molar refractivity (Wildman–Crippen MR) is 132 cm³/mol. The van der Waals surface area contributed by atoms with E-state index in [-0.39, 0.29) is 12.1 Å². The molecule has 1 aliphatic carbocycles. The van der Waals surface area contributed by atoms with Gasteiger partial charge in [-0.2, -0.15) is 0 Å². The molecule has 33 heavy (non-hydrogen) atoms. The summed E-state index contributed by atoms with van der Waals surface area (Å²) in [5, 5.41) is 1.21. The van der Waals surface area contributed by atoms with E-state index in [1.165, 1.54) is 16.6 Å². The first-order valence-electron chi connectivity index (χ1n) is 10.8. The Hall–Kier alpha value is -3.03. The Morgan fingerprint density at radius 1 is 1.03 bits per heavy atom. The number of hydrogen-bond donors (Lipinski definition) is 0. The average molecular weight is 483 g/mol. The van der Waals surface area contributed by atoms with Crippen LogP contribution in [0.2, 0.25) is 5.02 Å².